The Morgan fingerprint density at radius 1 is 1.09 bits per heavy atom. The van der Waals surface area contributed by atoms with E-state index in [2.05, 4.69) is 5.32 Å². The summed E-state index contributed by atoms with van der Waals surface area (Å²) in [6, 6.07) is 13.1. The lowest BCUT2D eigenvalue weighted by atomic mass is 10.1. The second-order valence-electron chi connectivity index (χ2n) is 7.78. The highest BCUT2D eigenvalue weighted by atomic mass is 32.2. The van der Waals surface area contributed by atoms with Crippen LogP contribution in [0.3, 0.4) is 0 Å². The molecule has 1 N–H and O–H groups in total. The number of rotatable bonds is 12. The molecule has 0 unspecified atom stereocenters. The Morgan fingerprint density at radius 3 is 2.24 bits per heavy atom. The number of amides is 2. The van der Waals surface area contributed by atoms with E-state index in [-0.39, 0.29) is 29.3 Å². The molecule has 0 heterocycles. The maximum Gasteiger partial charge on any atom is 0.269 e. The van der Waals surface area contributed by atoms with Crippen molar-refractivity contribution in [1.82, 2.24) is 10.2 Å². The molecule has 0 radical (unpaired) electrons. The summed E-state index contributed by atoms with van der Waals surface area (Å²) in [5.74, 6) is 1.11. The van der Waals surface area contributed by atoms with Crippen LogP contribution in [0.4, 0.5) is 5.69 Å². The first-order valence-corrected chi connectivity index (χ1v) is 11.9. The van der Waals surface area contributed by atoms with Gasteiger partial charge in [0, 0.05) is 30.5 Å². The summed E-state index contributed by atoms with van der Waals surface area (Å²) < 4.78 is 5.19. The second-order valence-corrected chi connectivity index (χ2v) is 8.77. The van der Waals surface area contributed by atoms with E-state index in [1.165, 1.54) is 23.9 Å². The van der Waals surface area contributed by atoms with Crippen molar-refractivity contribution >= 4 is 29.3 Å². The van der Waals surface area contributed by atoms with E-state index in [1.807, 2.05) is 38.1 Å². The van der Waals surface area contributed by atoms with Crippen molar-refractivity contribution in [2.75, 3.05) is 12.9 Å². The lowest BCUT2D eigenvalue weighted by Crippen LogP contribution is -2.50. The number of carbonyl (C=O) groups excluding carboxylic acids is 2. The summed E-state index contributed by atoms with van der Waals surface area (Å²) in [5, 5.41) is 13.7. The van der Waals surface area contributed by atoms with E-state index in [9.17, 15) is 19.7 Å². The van der Waals surface area contributed by atoms with E-state index in [4.69, 9.17) is 4.74 Å². The van der Waals surface area contributed by atoms with Crippen LogP contribution >= 0.6 is 11.8 Å². The minimum atomic E-state index is -0.631. The average molecular weight is 474 g/mol. The molecule has 0 aliphatic carbocycles. The number of benzene rings is 2. The fourth-order valence-corrected chi connectivity index (χ4v) is 3.90. The van der Waals surface area contributed by atoms with Crippen LogP contribution in [0.5, 0.6) is 5.75 Å². The van der Waals surface area contributed by atoms with Gasteiger partial charge in [-0.3, -0.25) is 19.7 Å². The molecular formula is C24H31N3O5S. The molecular weight excluding hydrogens is 442 g/mol. The maximum absolute atomic E-state index is 13.1. The standard InChI is InChI=1S/C24H31N3O5S/c1-5-17(2)25-24(29)18(3)26(14-19-8-12-22(32-4)13-9-19)23(28)16-33-15-20-6-10-21(11-7-20)27(30)31/h6-13,17-18H,5,14-16H2,1-4H3,(H,25,29)/t17-,18-/m0/s1. The molecule has 178 valence electrons. The van der Waals surface area contributed by atoms with Crippen molar-refractivity contribution in [2.45, 2.75) is 51.6 Å². The maximum atomic E-state index is 13.1. The van der Waals surface area contributed by atoms with Gasteiger partial charge in [0.2, 0.25) is 11.8 Å². The molecule has 0 aliphatic rings. The number of nitrogens with zero attached hydrogens (tertiary/aromatic N) is 2. The van der Waals surface area contributed by atoms with Gasteiger partial charge in [-0.05, 0) is 43.5 Å². The summed E-state index contributed by atoms with van der Waals surface area (Å²) >= 11 is 1.41. The molecule has 9 heteroatoms. The monoisotopic (exact) mass is 473 g/mol. The van der Waals surface area contributed by atoms with Gasteiger partial charge in [0.25, 0.3) is 5.69 Å². The highest BCUT2D eigenvalue weighted by Gasteiger charge is 2.26. The van der Waals surface area contributed by atoms with Gasteiger partial charge in [0.15, 0.2) is 0 Å². The van der Waals surface area contributed by atoms with Crippen LogP contribution in [0.25, 0.3) is 0 Å². The number of nitro benzene ring substituents is 1. The fourth-order valence-electron chi connectivity index (χ4n) is 3.03. The number of hydrogen-bond acceptors (Lipinski definition) is 6. The second kappa shape index (κ2) is 12.8. The number of non-ortho nitro benzene ring substituents is 1. The van der Waals surface area contributed by atoms with E-state index in [0.29, 0.717) is 12.3 Å². The van der Waals surface area contributed by atoms with E-state index in [1.54, 1.807) is 31.1 Å². The molecule has 2 rings (SSSR count). The zero-order valence-corrected chi connectivity index (χ0v) is 20.3. The van der Waals surface area contributed by atoms with Crippen LogP contribution in [-0.2, 0) is 21.9 Å². The number of nitrogens with one attached hydrogen (secondary N) is 1. The molecule has 0 aromatic heterocycles. The van der Waals surface area contributed by atoms with Crippen LogP contribution < -0.4 is 10.1 Å². The molecule has 0 fully saturated rings. The van der Waals surface area contributed by atoms with Crippen LogP contribution in [0.1, 0.15) is 38.3 Å². The van der Waals surface area contributed by atoms with Gasteiger partial charge in [0.1, 0.15) is 11.8 Å². The molecule has 0 saturated heterocycles. The first-order chi connectivity index (χ1) is 15.7. The lowest BCUT2D eigenvalue weighted by Gasteiger charge is -2.29. The van der Waals surface area contributed by atoms with Crippen molar-refractivity contribution in [1.29, 1.82) is 0 Å². The molecule has 8 nitrogen and oxygen atoms in total. The number of nitro groups is 1. The number of thioether (sulfide) groups is 1. The van der Waals surface area contributed by atoms with E-state index >= 15 is 0 Å². The number of ether oxygens (including phenoxy) is 1. The summed E-state index contributed by atoms with van der Waals surface area (Å²) in [7, 11) is 1.59. The zero-order valence-electron chi connectivity index (χ0n) is 19.4. The van der Waals surface area contributed by atoms with Crippen LogP contribution in [0.2, 0.25) is 0 Å². The average Bonchev–Trinajstić information content (AvgIpc) is 2.82. The summed E-state index contributed by atoms with van der Waals surface area (Å²) in [5.41, 5.74) is 1.82. The van der Waals surface area contributed by atoms with Crippen molar-refractivity contribution in [3.05, 3.63) is 69.8 Å². The van der Waals surface area contributed by atoms with Crippen molar-refractivity contribution < 1.29 is 19.2 Å². The Morgan fingerprint density at radius 2 is 1.70 bits per heavy atom. The summed E-state index contributed by atoms with van der Waals surface area (Å²) in [4.78, 5) is 37.8. The van der Waals surface area contributed by atoms with Gasteiger partial charge >= 0.3 is 0 Å². The predicted molar refractivity (Wildman–Crippen MR) is 130 cm³/mol. The van der Waals surface area contributed by atoms with Crippen LogP contribution in [0, 0.1) is 10.1 Å². The first-order valence-electron chi connectivity index (χ1n) is 10.8. The van der Waals surface area contributed by atoms with Crippen LogP contribution in [0.15, 0.2) is 48.5 Å². The predicted octanol–water partition coefficient (Wildman–Crippen LogP) is 4.17. The molecule has 0 aliphatic heterocycles. The van der Waals surface area contributed by atoms with E-state index < -0.39 is 11.0 Å². The number of methoxy groups -OCH3 is 1. The van der Waals surface area contributed by atoms with E-state index in [0.717, 1.165) is 23.3 Å². The summed E-state index contributed by atoms with van der Waals surface area (Å²) in [6.45, 7) is 5.96. The number of hydrogen-bond donors (Lipinski definition) is 1. The van der Waals surface area contributed by atoms with Crippen molar-refractivity contribution in [2.24, 2.45) is 0 Å². The molecule has 2 atom stereocenters. The molecule has 0 saturated carbocycles. The largest absolute Gasteiger partial charge is 0.497 e. The molecule has 0 bridgehead atoms. The Hall–Kier alpha value is -3.07. The van der Waals surface area contributed by atoms with Gasteiger partial charge in [-0.2, -0.15) is 0 Å². The lowest BCUT2D eigenvalue weighted by molar-refractivity contribution is -0.384. The smallest absolute Gasteiger partial charge is 0.269 e. The minimum absolute atomic E-state index is 0.0226. The molecule has 2 amide bonds. The Balaban J connectivity index is 2.07. The zero-order chi connectivity index (χ0) is 24.4. The number of carbonyl (C=O) groups is 2. The highest BCUT2D eigenvalue weighted by Crippen LogP contribution is 2.19. The Bertz CT molecular complexity index is 934. The van der Waals surface area contributed by atoms with Gasteiger partial charge in [-0.1, -0.05) is 31.2 Å². The summed E-state index contributed by atoms with van der Waals surface area (Å²) in [6.07, 6.45) is 0.802. The SMILES string of the molecule is CC[C@H](C)NC(=O)[C@H](C)N(Cc1ccc(OC)cc1)C(=O)CSCc1ccc([N+](=O)[O-])cc1. The van der Waals surface area contributed by atoms with Gasteiger partial charge in [-0.25, -0.2) is 0 Å². The molecule has 2 aromatic carbocycles. The normalized spacial score (nSPS) is 12.5. The quantitative estimate of drug-likeness (QED) is 0.367. The van der Waals surface area contributed by atoms with Crippen LogP contribution in [-0.4, -0.2) is 46.6 Å². The van der Waals surface area contributed by atoms with Gasteiger partial charge < -0.3 is 15.0 Å². The Kier molecular flexibility index (Phi) is 10.2. The van der Waals surface area contributed by atoms with Gasteiger partial charge in [0.05, 0.1) is 17.8 Å². The fraction of sp³-hybridized carbons (Fsp3) is 0.417. The van der Waals surface area contributed by atoms with Crippen molar-refractivity contribution in [3.8, 4) is 5.75 Å². The third kappa shape index (κ3) is 8.09. The first kappa shape index (κ1) is 26.2. The third-order valence-corrected chi connectivity index (χ3v) is 6.31. The van der Waals surface area contributed by atoms with Gasteiger partial charge in [-0.15, -0.1) is 11.8 Å². The topological polar surface area (TPSA) is 102 Å². The molecule has 33 heavy (non-hydrogen) atoms. The van der Waals surface area contributed by atoms with Crippen molar-refractivity contribution in [3.63, 3.8) is 0 Å². The Labute approximate surface area is 198 Å². The highest BCUT2D eigenvalue weighted by molar-refractivity contribution is 7.99. The molecule has 2 aromatic rings. The molecule has 0 spiro atoms. The third-order valence-electron chi connectivity index (χ3n) is 5.32. The minimum Gasteiger partial charge on any atom is -0.497 e.